The summed E-state index contributed by atoms with van der Waals surface area (Å²) in [5.74, 6) is 1.08. The Labute approximate surface area is 157 Å². The van der Waals surface area contributed by atoms with E-state index in [1.807, 2.05) is 32.0 Å². The molecule has 1 aliphatic heterocycles. The lowest BCUT2D eigenvalue weighted by molar-refractivity contribution is -0.126. The number of carbonyl (C=O) groups excluding carboxylic acids is 1. The van der Waals surface area contributed by atoms with Crippen LogP contribution in [0.25, 0.3) is 0 Å². The first-order chi connectivity index (χ1) is 11.6. The standard InChI is InChI=1S/C19H30N2O3.ClH/c1-4-23-9-10-24-18-11-14(2)5-6-17(18)13-21-19(22)16-7-8-20-15(3)12-16;/h5-6,11,15-16,20H,4,7-10,12-13H2,1-3H3,(H,21,22);1H/t15-,16-;/m0./s1. The number of benzene rings is 1. The van der Waals surface area contributed by atoms with Gasteiger partial charge in [-0.1, -0.05) is 12.1 Å². The van der Waals surface area contributed by atoms with Gasteiger partial charge in [-0.2, -0.15) is 0 Å². The van der Waals surface area contributed by atoms with Crippen LogP contribution in [0.2, 0.25) is 0 Å². The number of nitrogens with one attached hydrogen (secondary N) is 2. The fourth-order valence-corrected chi connectivity index (χ4v) is 2.99. The number of piperidine rings is 1. The largest absolute Gasteiger partial charge is 0.491 e. The summed E-state index contributed by atoms with van der Waals surface area (Å²) in [6, 6.07) is 6.49. The second kappa shape index (κ2) is 11.3. The molecule has 2 N–H and O–H groups in total. The number of carbonyl (C=O) groups is 1. The fourth-order valence-electron chi connectivity index (χ4n) is 2.99. The number of aryl methyl sites for hydroxylation is 1. The zero-order valence-corrected chi connectivity index (χ0v) is 16.3. The van der Waals surface area contributed by atoms with Crippen molar-refractivity contribution in [3.63, 3.8) is 0 Å². The van der Waals surface area contributed by atoms with Crippen LogP contribution in [-0.4, -0.2) is 38.3 Å². The Morgan fingerprint density at radius 2 is 2.16 bits per heavy atom. The summed E-state index contributed by atoms with van der Waals surface area (Å²) < 4.78 is 11.1. The van der Waals surface area contributed by atoms with E-state index in [1.54, 1.807) is 0 Å². The number of hydrogen-bond donors (Lipinski definition) is 2. The predicted octanol–water partition coefficient (Wildman–Crippen LogP) is 2.84. The van der Waals surface area contributed by atoms with Crippen LogP contribution in [0.15, 0.2) is 18.2 Å². The number of rotatable bonds is 8. The molecule has 0 aromatic heterocycles. The van der Waals surface area contributed by atoms with Gasteiger partial charge >= 0.3 is 0 Å². The van der Waals surface area contributed by atoms with E-state index in [1.165, 1.54) is 0 Å². The van der Waals surface area contributed by atoms with E-state index in [-0.39, 0.29) is 24.2 Å². The van der Waals surface area contributed by atoms with Gasteiger partial charge in [-0.25, -0.2) is 0 Å². The number of ether oxygens (including phenoxy) is 2. The zero-order valence-electron chi connectivity index (χ0n) is 15.5. The van der Waals surface area contributed by atoms with Crippen LogP contribution < -0.4 is 15.4 Å². The molecule has 1 aromatic rings. The van der Waals surface area contributed by atoms with E-state index >= 15 is 0 Å². The van der Waals surface area contributed by atoms with Crippen LogP contribution in [0.5, 0.6) is 5.75 Å². The van der Waals surface area contributed by atoms with Gasteiger partial charge in [0.2, 0.25) is 5.91 Å². The Hall–Kier alpha value is -1.30. The van der Waals surface area contributed by atoms with Gasteiger partial charge < -0.3 is 20.1 Å². The van der Waals surface area contributed by atoms with E-state index in [0.29, 0.717) is 32.4 Å². The smallest absolute Gasteiger partial charge is 0.223 e. The van der Waals surface area contributed by atoms with Crippen molar-refractivity contribution in [3.8, 4) is 5.75 Å². The third-order valence-corrected chi connectivity index (χ3v) is 4.36. The highest BCUT2D eigenvalue weighted by Gasteiger charge is 2.24. The summed E-state index contributed by atoms with van der Waals surface area (Å²) in [6.45, 7) is 9.33. The molecule has 5 nitrogen and oxygen atoms in total. The molecule has 6 heteroatoms. The van der Waals surface area contributed by atoms with Crippen molar-refractivity contribution in [1.29, 1.82) is 0 Å². The molecule has 0 radical (unpaired) electrons. The first kappa shape index (κ1) is 21.7. The number of halogens is 1. The van der Waals surface area contributed by atoms with Crippen molar-refractivity contribution in [1.82, 2.24) is 10.6 Å². The topological polar surface area (TPSA) is 59.6 Å². The minimum atomic E-state index is 0. The van der Waals surface area contributed by atoms with Gasteiger partial charge in [0.05, 0.1) is 6.61 Å². The molecular weight excluding hydrogens is 340 g/mol. The first-order valence-electron chi connectivity index (χ1n) is 8.91. The summed E-state index contributed by atoms with van der Waals surface area (Å²) >= 11 is 0. The Balaban J connectivity index is 0.00000312. The van der Waals surface area contributed by atoms with Gasteiger partial charge in [0, 0.05) is 30.7 Å². The second-order valence-electron chi connectivity index (χ2n) is 6.45. The normalized spacial score (nSPS) is 19.8. The molecular formula is C19H31ClN2O3. The van der Waals surface area contributed by atoms with Gasteiger partial charge in [-0.05, 0) is 51.8 Å². The molecule has 1 fully saturated rings. The molecule has 0 saturated carbocycles. The minimum Gasteiger partial charge on any atom is -0.491 e. The minimum absolute atomic E-state index is 0. The predicted molar refractivity (Wildman–Crippen MR) is 102 cm³/mol. The monoisotopic (exact) mass is 370 g/mol. The second-order valence-corrected chi connectivity index (χ2v) is 6.45. The van der Waals surface area contributed by atoms with E-state index < -0.39 is 0 Å². The maximum atomic E-state index is 12.4. The highest BCUT2D eigenvalue weighted by Crippen LogP contribution is 2.21. The molecule has 2 rings (SSSR count). The molecule has 1 aliphatic rings. The number of hydrogen-bond acceptors (Lipinski definition) is 4. The van der Waals surface area contributed by atoms with Crippen LogP contribution in [0, 0.1) is 12.8 Å². The quantitative estimate of drug-likeness (QED) is 0.691. The fraction of sp³-hybridized carbons (Fsp3) is 0.632. The zero-order chi connectivity index (χ0) is 17.4. The average Bonchev–Trinajstić information content (AvgIpc) is 2.57. The SMILES string of the molecule is CCOCCOc1cc(C)ccc1CNC(=O)[C@H]1CCN[C@@H](C)C1.Cl. The lowest BCUT2D eigenvalue weighted by Crippen LogP contribution is -2.42. The maximum Gasteiger partial charge on any atom is 0.223 e. The lowest BCUT2D eigenvalue weighted by Gasteiger charge is -2.27. The van der Waals surface area contributed by atoms with Crippen molar-refractivity contribution in [2.24, 2.45) is 5.92 Å². The molecule has 2 atom stereocenters. The first-order valence-corrected chi connectivity index (χ1v) is 8.91. The molecule has 1 heterocycles. The van der Waals surface area contributed by atoms with Crippen molar-refractivity contribution in [2.75, 3.05) is 26.4 Å². The van der Waals surface area contributed by atoms with Crippen LogP contribution >= 0.6 is 12.4 Å². The van der Waals surface area contributed by atoms with E-state index in [4.69, 9.17) is 9.47 Å². The highest BCUT2D eigenvalue weighted by molar-refractivity contribution is 5.85. The molecule has 1 aromatic carbocycles. The summed E-state index contributed by atoms with van der Waals surface area (Å²) in [4.78, 5) is 12.4. The molecule has 0 aliphatic carbocycles. The van der Waals surface area contributed by atoms with Gasteiger partial charge in [0.25, 0.3) is 0 Å². The molecule has 0 bridgehead atoms. The third-order valence-electron chi connectivity index (χ3n) is 4.36. The highest BCUT2D eigenvalue weighted by atomic mass is 35.5. The van der Waals surface area contributed by atoms with Crippen molar-refractivity contribution in [3.05, 3.63) is 29.3 Å². The van der Waals surface area contributed by atoms with E-state index in [9.17, 15) is 4.79 Å². The number of amides is 1. The Morgan fingerprint density at radius 3 is 2.88 bits per heavy atom. The molecule has 0 spiro atoms. The van der Waals surface area contributed by atoms with Crippen LogP contribution in [0.3, 0.4) is 0 Å². The molecule has 1 saturated heterocycles. The Kier molecular flexibility index (Phi) is 9.86. The van der Waals surface area contributed by atoms with Crippen molar-refractivity contribution < 1.29 is 14.3 Å². The summed E-state index contributed by atoms with van der Waals surface area (Å²) in [6.07, 6.45) is 1.80. The van der Waals surface area contributed by atoms with Crippen molar-refractivity contribution in [2.45, 2.75) is 46.2 Å². The van der Waals surface area contributed by atoms with Gasteiger partial charge in [-0.3, -0.25) is 4.79 Å². The van der Waals surface area contributed by atoms with Crippen molar-refractivity contribution >= 4 is 18.3 Å². The molecule has 142 valence electrons. The van der Waals surface area contributed by atoms with Crippen LogP contribution in [0.1, 0.15) is 37.8 Å². The van der Waals surface area contributed by atoms with Crippen LogP contribution in [-0.2, 0) is 16.1 Å². The molecule has 0 unspecified atom stereocenters. The maximum absolute atomic E-state index is 12.4. The van der Waals surface area contributed by atoms with Crippen LogP contribution in [0.4, 0.5) is 0 Å². The van der Waals surface area contributed by atoms with Gasteiger partial charge in [0.1, 0.15) is 12.4 Å². The summed E-state index contributed by atoms with van der Waals surface area (Å²) in [7, 11) is 0. The van der Waals surface area contributed by atoms with E-state index in [0.717, 1.165) is 36.3 Å². The Bertz CT molecular complexity index is 539. The third kappa shape index (κ3) is 7.22. The summed E-state index contributed by atoms with van der Waals surface area (Å²) in [5.41, 5.74) is 2.15. The van der Waals surface area contributed by atoms with Gasteiger partial charge in [-0.15, -0.1) is 12.4 Å². The van der Waals surface area contributed by atoms with E-state index in [2.05, 4.69) is 17.6 Å². The molecule has 1 amide bonds. The lowest BCUT2D eigenvalue weighted by atomic mass is 9.92. The average molecular weight is 371 g/mol. The summed E-state index contributed by atoms with van der Waals surface area (Å²) in [5, 5.41) is 6.45. The van der Waals surface area contributed by atoms with Gasteiger partial charge in [0.15, 0.2) is 0 Å². The Morgan fingerprint density at radius 1 is 1.36 bits per heavy atom. The molecule has 25 heavy (non-hydrogen) atoms.